The predicted molar refractivity (Wildman–Crippen MR) is 169 cm³/mol. The van der Waals surface area contributed by atoms with Crippen LogP contribution in [0.5, 0.6) is 0 Å². The molecule has 0 saturated carbocycles. The van der Waals surface area contributed by atoms with Crippen molar-refractivity contribution in [1.29, 1.82) is 0 Å². The lowest BCUT2D eigenvalue weighted by atomic mass is 9.70. The van der Waals surface area contributed by atoms with Gasteiger partial charge < -0.3 is 0 Å². The molecule has 0 rings (SSSR count). The molecular weight excluding hydrogens is 487 g/mol. The van der Waals surface area contributed by atoms with Gasteiger partial charge in [-0.2, -0.15) is 0 Å². The van der Waals surface area contributed by atoms with Gasteiger partial charge in [0.05, 0.1) is 0 Å². The first-order valence-corrected chi connectivity index (χ1v) is 18.8. The Morgan fingerprint density at radius 3 is 0.943 bits per heavy atom. The Labute approximate surface area is 234 Å². The molecule has 214 valence electrons. The van der Waals surface area contributed by atoms with E-state index in [4.69, 9.17) is 21.4 Å². The van der Waals surface area contributed by atoms with Gasteiger partial charge in [-0.25, -0.2) is 0 Å². The highest BCUT2D eigenvalue weighted by atomic mass is 36.0. The average molecular weight is 554 g/mol. The Morgan fingerprint density at radius 1 is 0.429 bits per heavy atom. The topological polar surface area (TPSA) is 0 Å². The van der Waals surface area contributed by atoms with Crippen LogP contribution in [-0.4, -0.2) is 11.5 Å². The van der Waals surface area contributed by atoms with Gasteiger partial charge in [0.25, 0.3) is 0 Å². The zero-order valence-corrected chi connectivity index (χ0v) is 28.2. The SMILES string of the molecule is CCCCCC(C)(C)CC(C)(C)CCCCS(Cl)(Cl)CCCCC(C)(C)CC(C)(C)CCCCC. The van der Waals surface area contributed by atoms with E-state index in [1.165, 1.54) is 103 Å². The van der Waals surface area contributed by atoms with E-state index in [0.717, 1.165) is 11.5 Å². The largest absolute Gasteiger partial charge is 0.0844 e. The summed E-state index contributed by atoms with van der Waals surface area (Å²) in [6.45, 7) is 24.3. The monoisotopic (exact) mass is 552 g/mol. The van der Waals surface area contributed by atoms with Crippen LogP contribution in [0.4, 0.5) is 0 Å². The normalized spacial score (nSPS) is 14.5. The van der Waals surface area contributed by atoms with Gasteiger partial charge in [0.2, 0.25) is 0 Å². The Hall–Kier alpha value is 0.930. The molecule has 3 heteroatoms. The molecule has 0 radical (unpaired) electrons. The third kappa shape index (κ3) is 20.6. The van der Waals surface area contributed by atoms with Crippen LogP contribution < -0.4 is 0 Å². The lowest BCUT2D eigenvalue weighted by Gasteiger charge is -2.36. The summed E-state index contributed by atoms with van der Waals surface area (Å²) in [5, 5.41) is 0. The van der Waals surface area contributed by atoms with Crippen LogP contribution in [-0.2, 0) is 0 Å². The summed E-state index contributed by atoms with van der Waals surface area (Å²) in [4.78, 5) is 0. The fourth-order valence-corrected chi connectivity index (χ4v) is 9.35. The van der Waals surface area contributed by atoms with Gasteiger partial charge >= 0.3 is 0 Å². The van der Waals surface area contributed by atoms with Gasteiger partial charge in [-0.3, -0.25) is 0 Å². The third-order valence-electron chi connectivity index (χ3n) is 7.92. The molecule has 0 aromatic carbocycles. The molecular formula is C32H66Cl2S. The van der Waals surface area contributed by atoms with Crippen molar-refractivity contribution in [3.63, 3.8) is 0 Å². The fourth-order valence-electron chi connectivity index (χ4n) is 6.59. The highest BCUT2D eigenvalue weighted by Gasteiger charge is 2.30. The maximum absolute atomic E-state index is 6.84. The number of unbranched alkanes of at least 4 members (excludes halogenated alkanes) is 6. The fraction of sp³-hybridized carbons (Fsp3) is 1.00. The van der Waals surface area contributed by atoms with Crippen LogP contribution >= 0.6 is 29.8 Å². The van der Waals surface area contributed by atoms with Crippen molar-refractivity contribution in [3.05, 3.63) is 0 Å². The molecule has 0 aromatic heterocycles. The number of rotatable bonds is 22. The van der Waals surface area contributed by atoms with Crippen molar-refractivity contribution in [1.82, 2.24) is 0 Å². The van der Waals surface area contributed by atoms with Crippen LogP contribution in [0.2, 0.25) is 0 Å². The van der Waals surface area contributed by atoms with Gasteiger partial charge in [0.1, 0.15) is 0 Å². The van der Waals surface area contributed by atoms with Crippen LogP contribution in [0.15, 0.2) is 0 Å². The minimum atomic E-state index is -1.47. The lowest BCUT2D eigenvalue weighted by Crippen LogP contribution is -2.23. The number of hydrogen-bond donors (Lipinski definition) is 0. The van der Waals surface area contributed by atoms with E-state index >= 15 is 0 Å². The second-order valence-electron chi connectivity index (χ2n) is 14.9. The minimum absolute atomic E-state index is 0.405. The molecule has 0 amide bonds. The smallest absolute Gasteiger partial charge is 0.00301 e. The van der Waals surface area contributed by atoms with E-state index in [1.54, 1.807) is 0 Å². The van der Waals surface area contributed by atoms with Crippen molar-refractivity contribution >= 4 is 29.8 Å². The first kappa shape index (κ1) is 35.9. The molecule has 0 unspecified atom stereocenters. The summed E-state index contributed by atoms with van der Waals surface area (Å²) in [6, 6.07) is 0. The Balaban J connectivity index is 4.25. The van der Waals surface area contributed by atoms with Crippen molar-refractivity contribution in [3.8, 4) is 0 Å². The Bertz CT molecular complexity index is 488. The molecule has 0 saturated heterocycles. The maximum Gasteiger partial charge on any atom is 0.00301 e. The van der Waals surface area contributed by atoms with Gasteiger partial charge in [-0.05, 0) is 73.0 Å². The average Bonchev–Trinajstić information content (AvgIpc) is 2.67. The molecule has 0 heterocycles. The summed E-state index contributed by atoms with van der Waals surface area (Å²) in [6.07, 6.45) is 20.9. The van der Waals surface area contributed by atoms with E-state index in [9.17, 15) is 0 Å². The molecule has 0 aliphatic carbocycles. The molecule has 0 aliphatic heterocycles. The Morgan fingerprint density at radius 2 is 0.686 bits per heavy atom. The summed E-state index contributed by atoms with van der Waals surface area (Å²) < 4.78 is 0. The first-order chi connectivity index (χ1) is 15.9. The van der Waals surface area contributed by atoms with Crippen molar-refractivity contribution < 1.29 is 0 Å². The third-order valence-corrected chi connectivity index (χ3v) is 11.5. The van der Waals surface area contributed by atoms with E-state index in [1.807, 2.05) is 0 Å². The van der Waals surface area contributed by atoms with Gasteiger partial charge in [-0.15, -0.1) is 0 Å². The summed E-state index contributed by atoms with van der Waals surface area (Å²) in [5.74, 6) is 2.03. The van der Waals surface area contributed by atoms with E-state index in [2.05, 4.69) is 69.2 Å². The van der Waals surface area contributed by atoms with E-state index in [0.29, 0.717) is 21.7 Å². The van der Waals surface area contributed by atoms with Gasteiger partial charge in [0.15, 0.2) is 0 Å². The van der Waals surface area contributed by atoms with Crippen LogP contribution in [0.1, 0.15) is 172 Å². The quantitative estimate of drug-likeness (QED) is 0.117. The van der Waals surface area contributed by atoms with Gasteiger partial charge in [0, 0.05) is 11.5 Å². The standard InChI is InChI=1S/C32H66Cl2S/c1-11-13-15-21-29(3,4)27-31(7,8)23-17-19-25-35(33,34)26-20-18-24-32(9,10)28-30(5,6)22-16-14-12-2/h11-28H2,1-10H3. The first-order valence-electron chi connectivity index (χ1n) is 15.1. The minimum Gasteiger partial charge on any atom is -0.0844 e. The molecule has 0 nitrogen and oxygen atoms in total. The molecule has 0 fully saturated rings. The number of hydrogen-bond acceptors (Lipinski definition) is 0. The van der Waals surface area contributed by atoms with E-state index < -0.39 is 8.46 Å². The zero-order chi connectivity index (χ0) is 27.2. The van der Waals surface area contributed by atoms with Crippen LogP contribution in [0.3, 0.4) is 0 Å². The molecule has 35 heavy (non-hydrogen) atoms. The van der Waals surface area contributed by atoms with Crippen molar-refractivity contribution in [2.24, 2.45) is 21.7 Å². The Kier molecular flexibility index (Phi) is 17.2. The molecule has 0 bridgehead atoms. The molecule has 0 atom stereocenters. The van der Waals surface area contributed by atoms with Crippen LogP contribution in [0, 0.1) is 21.7 Å². The summed E-state index contributed by atoms with van der Waals surface area (Å²) >= 11 is 0. The summed E-state index contributed by atoms with van der Waals surface area (Å²) in [7, 11) is 12.2. The van der Waals surface area contributed by atoms with Crippen LogP contribution in [0.25, 0.3) is 0 Å². The van der Waals surface area contributed by atoms with Crippen molar-refractivity contribution in [2.75, 3.05) is 11.5 Å². The highest BCUT2D eigenvalue weighted by molar-refractivity contribution is 8.65. The second kappa shape index (κ2) is 16.8. The van der Waals surface area contributed by atoms with E-state index in [-0.39, 0.29) is 0 Å². The lowest BCUT2D eigenvalue weighted by molar-refractivity contribution is 0.165. The number of halogens is 2. The van der Waals surface area contributed by atoms with Crippen molar-refractivity contribution in [2.45, 2.75) is 172 Å². The summed E-state index contributed by atoms with van der Waals surface area (Å²) in [5.41, 5.74) is 1.71. The molecule has 0 N–H and O–H groups in total. The maximum atomic E-state index is 6.84. The zero-order valence-electron chi connectivity index (χ0n) is 25.9. The molecule has 0 aliphatic rings. The molecule has 0 aromatic rings. The second-order valence-corrected chi connectivity index (χ2v) is 21.2. The molecule has 0 spiro atoms. The van der Waals surface area contributed by atoms with Gasteiger partial charge in [-0.1, -0.05) is 150 Å². The highest BCUT2D eigenvalue weighted by Crippen LogP contribution is 2.59. The predicted octanol–water partition coefficient (Wildman–Crippen LogP) is 13.5.